The van der Waals surface area contributed by atoms with Crippen LogP contribution in [0.2, 0.25) is 5.02 Å². The Morgan fingerprint density at radius 3 is 2.45 bits per heavy atom. The van der Waals surface area contributed by atoms with Gasteiger partial charge in [-0.15, -0.1) is 0 Å². The van der Waals surface area contributed by atoms with Gasteiger partial charge in [0.1, 0.15) is 11.4 Å². The van der Waals surface area contributed by atoms with Crippen LogP contribution in [-0.4, -0.2) is 47.4 Å². The number of aryl methyl sites for hydroxylation is 2. The first-order valence-corrected chi connectivity index (χ1v) is 18.6. The van der Waals surface area contributed by atoms with Crippen LogP contribution in [0.4, 0.5) is 4.79 Å². The summed E-state index contributed by atoms with van der Waals surface area (Å²) in [6, 6.07) is 12.5. The maximum atomic E-state index is 13.8. The van der Waals surface area contributed by atoms with Gasteiger partial charge in [0.25, 0.3) is 5.91 Å². The SMILES string of the molecule is CC(C)(c1cccc(Cl)c1)C(OC(=O)NS[C@@H](CC1CCCCC1)C(=O)N[C@@H](C[C@@H]1CCNC1=O)C(=O)C(N)=O)c1ccc2c(c1)CCC2. The molecule has 12 heteroatoms. The number of amides is 4. The Hall–Kier alpha value is -3.57. The first kappa shape index (κ1) is 36.7. The van der Waals surface area contributed by atoms with Gasteiger partial charge >= 0.3 is 6.09 Å². The van der Waals surface area contributed by atoms with Crippen molar-refractivity contribution in [1.82, 2.24) is 15.4 Å². The number of primary amides is 1. The van der Waals surface area contributed by atoms with Crippen molar-refractivity contribution in [2.75, 3.05) is 6.54 Å². The van der Waals surface area contributed by atoms with E-state index in [0.29, 0.717) is 24.4 Å². The molecule has 1 saturated carbocycles. The molecule has 1 heterocycles. The van der Waals surface area contributed by atoms with Gasteiger partial charge in [0.05, 0.1) is 6.04 Å². The van der Waals surface area contributed by atoms with Crippen molar-refractivity contribution in [3.63, 3.8) is 0 Å². The van der Waals surface area contributed by atoms with Crippen LogP contribution in [0.15, 0.2) is 42.5 Å². The van der Waals surface area contributed by atoms with E-state index in [1.165, 1.54) is 11.1 Å². The average molecular weight is 711 g/mol. The molecule has 10 nitrogen and oxygen atoms in total. The van der Waals surface area contributed by atoms with E-state index in [0.717, 1.165) is 74.4 Å². The van der Waals surface area contributed by atoms with Gasteiger partial charge in [-0.3, -0.25) is 23.9 Å². The summed E-state index contributed by atoms with van der Waals surface area (Å²) >= 11 is 7.32. The van der Waals surface area contributed by atoms with Crippen molar-refractivity contribution in [3.8, 4) is 0 Å². The number of benzene rings is 2. The Bertz CT molecular complexity index is 1560. The lowest BCUT2D eigenvalue weighted by molar-refractivity contribution is -0.139. The molecule has 4 amide bonds. The minimum absolute atomic E-state index is 0.0311. The number of carbonyl (C=O) groups is 5. The summed E-state index contributed by atoms with van der Waals surface area (Å²) in [6.45, 7) is 4.48. The van der Waals surface area contributed by atoms with Gasteiger partial charge in [0.2, 0.25) is 17.6 Å². The summed E-state index contributed by atoms with van der Waals surface area (Å²) in [7, 11) is 0. The van der Waals surface area contributed by atoms with Crippen molar-refractivity contribution in [2.45, 2.75) is 107 Å². The highest BCUT2D eigenvalue weighted by atomic mass is 35.5. The molecule has 4 atom stereocenters. The molecule has 5 rings (SSSR count). The fourth-order valence-electron chi connectivity index (χ4n) is 7.43. The molecule has 0 spiro atoms. The number of hydrogen-bond acceptors (Lipinski definition) is 7. The summed E-state index contributed by atoms with van der Waals surface area (Å²) in [6.07, 6.45) is 7.76. The van der Waals surface area contributed by atoms with Crippen LogP contribution >= 0.6 is 23.5 Å². The topological polar surface area (TPSA) is 157 Å². The van der Waals surface area contributed by atoms with E-state index in [2.05, 4.69) is 27.5 Å². The molecule has 49 heavy (non-hydrogen) atoms. The summed E-state index contributed by atoms with van der Waals surface area (Å²) in [5.41, 5.74) is 8.99. The maximum Gasteiger partial charge on any atom is 0.417 e. The molecule has 0 bridgehead atoms. The van der Waals surface area contributed by atoms with Gasteiger partial charge in [0, 0.05) is 22.9 Å². The second-order valence-electron chi connectivity index (χ2n) is 14.1. The molecular weight excluding hydrogens is 664 g/mol. The predicted molar refractivity (Wildman–Crippen MR) is 190 cm³/mol. The molecule has 1 aliphatic heterocycles. The van der Waals surface area contributed by atoms with E-state index in [1.807, 2.05) is 38.1 Å². The molecule has 2 aromatic rings. The normalized spacial score (nSPS) is 19.7. The number of nitrogens with two attached hydrogens (primary N) is 1. The van der Waals surface area contributed by atoms with Crippen LogP contribution in [0.5, 0.6) is 0 Å². The number of halogens is 1. The maximum absolute atomic E-state index is 13.8. The van der Waals surface area contributed by atoms with Crippen molar-refractivity contribution < 1.29 is 28.7 Å². The molecule has 2 aromatic carbocycles. The van der Waals surface area contributed by atoms with Gasteiger partial charge in [-0.1, -0.05) is 87.9 Å². The van der Waals surface area contributed by atoms with Gasteiger partial charge in [-0.2, -0.15) is 0 Å². The van der Waals surface area contributed by atoms with Crippen LogP contribution in [-0.2, 0) is 42.2 Å². The monoisotopic (exact) mass is 710 g/mol. The Labute approximate surface area is 297 Å². The number of carbonyl (C=O) groups excluding carboxylic acids is 5. The fourth-order valence-corrected chi connectivity index (χ4v) is 8.45. The smallest absolute Gasteiger partial charge is 0.417 e. The van der Waals surface area contributed by atoms with E-state index < -0.39 is 52.4 Å². The second kappa shape index (κ2) is 16.4. The minimum atomic E-state index is -1.25. The quantitative estimate of drug-likeness (QED) is 0.146. The molecule has 0 aromatic heterocycles. The van der Waals surface area contributed by atoms with Crippen LogP contribution in [0.1, 0.15) is 100.0 Å². The molecule has 5 N–H and O–H groups in total. The number of ketones is 1. The Morgan fingerprint density at radius 1 is 1.00 bits per heavy atom. The lowest BCUT2D eigenvalue weighted by Gasteiger charge is -2.35. The number of nitrogens with one attached hydrogen (secondary N) is 3. The van der Waals surface area contributed by atoms with Crippen LogP contribution in [0.25, 0.3) is 0 Å². The summed E-state index contributed by atoms with van der Waals surface area (Å²) in [4.78, 5) is 64.4. The van der Waals surface area contributed by atoms with Crippen LogP contribution in [0, 0.1) is 11.8 Å². The van der Waals surface area contributed by atoms with Crippen molar-refractivity contribution in [3.05, 3.63) is 69.7 Å². The largest absolute Gasteiger partial charge is 0.440 e. The van der Waals surface area contributed by atoms with Crippen LogP contribution in [0.3, 0.4) is 0 Å². The third-order valence-corrected chi connectivity index (χ3v) is 11.5. The molecule has 3 aliphatic rings. The number of ether oxygens (including phenoxy) is 1. The third kappa shape index (κ3) is 9.36. The zero-order valence-electron chi connectivity index (χ0n) is 28.2. The molecule has 264 valence electrons. The number of fused-ring (bicyclic) bond motifs is 1. The Kier molecular flexibility index (Phi) is 12.3. The zero-order valence-corrected chi connectivity index (χ0v) is 29.8. The van der Waals surface area contributed by atoms with Crippen molar-refractivity contribution in [1.29, 1.82) is 0 Å². The highest BCUT2D eigenvalue weighted by Crippen LogP contribution is 2.42. The summed E-state index contributed by atoms with van der Waals surface area (Å²) in [5, 5.41) is 5.22. The molecular formula is C37H47ClN4O6S. The van der Waals surface area contributed by atoms with Crippen molar-refractivity contribution >= 4 is 53.1 Å². The van der Waals surface area contributed by atoms with E-state index in [9.17, 15) is 24.0 Å². The fraction of sp³-hybridized carbons (Fsp3) is 0.541. The lowest BCUT2D eigenvalue weighted by Crippen LogP contribution is -2.50. The molecule has 1 saturated heterocycles. The van der Waals surface area contributed by atoms with Crippen molar-refractivity contribution in [2.24, 2.45) is 17.6 Å². The minimum Gasteiger partial charge on any atom is -0.440 e. The van der Waals surface area contributed by atoms with E-state index in [1.54, 1.807) is 6.07 Å². The summed E-state index contributed by atoms with van der Waals surface area (Å²) in [5.74, 6) is -3.15. The van der Waals surface area contributed by atoms with Gasteiger partial charge < -0.3 is 21.1 Å². The van der Waals surface area contributed by atoms with Gasteiger partial charge in [-0.25, -0.2) is 4.79 Å². The first-order chi connectivity index (χ1) is 23.4. The standard InChI is InChI=1S/C37H47ClN4O6S/c1-37(2,27-12-7-13-28(38)21-27)32(25-15-14-23-10-6-11-24(23)19-25)48-36(47)42-49-30(18-22-8-4-3-5-9-22)35(46)41-29(31(43)33(39)44)20-26-16-17-40-34(26)45/h7,12-15,19,21-22,26,29-30,32H,3-6,8-11,16-18,20H2,1-2H3,(H2,39,44)(H,40,45)(H,41,46)(H,42,47)/t26-,29-,30-,32?/m0/s1. The van der Waals surface area contributed by atoms with E-state index in [4.69, 9.17) is 22.1 Å². The van der Waals surface area contributed by atoms with Crippen LogP contribution < -0.4 is 21.1 Å². The molecule has 2 fully saturated rings. The zero-order chi connectivity index (χ0) is 35.1. The predicted octanol–water partition coefficient (Wildman–Crippen LogP) is 5.63. The molecule has 1 unspecified atom stereocenters. The first-order valence-electron chi connectivity index (χ1n) is 17.3. The lowest BCUT2D eigenvalue weighted by atomic mass is 9.76. The van der Waals surface area contributed by atoms with E-state index >= 15 is 0 Å². The summed E-state index contributed by atoms with van der Waals surface area (Å²) < 4.78 is 9.00. The van der Waals surface area contributed by atoms with Gasteiger partial charge in [0.15, 0.2) is 0 Å². The highest BCUT2D eigenvalue weighted by molar-refractivity contribution is 7.99. The average Bonchev–Trinajstić information content (AvgIpc) is 3.73. The van der Waals surface area contributed by atoms with E-state index in [-0.39, 0.29) is 18.2 Å². The third-order valence-electron chi connectivity index (χ3n) is 10.3. The molecule has 0 radical (unpaired) electrons. The van der Waals surface area contributed by atoms with Gasteiger partial charge in [-0.05, 0) is 90.8 Å². The molecule has 2 aliphatic carbocycles. The number of hydrogen-bond donors (Lipinski definition) is 4. The number of rotatable bonds is 14. The highest BCUT2D eigenvalue weighted by Gasteiger charge is 2.38. The second-order valence-corrected chi connectivity index (χ2v) is 15.6. The Balaban J connectivity index is 1.34. The number of Topliss-reactive ketones (excluding diaryl/α,β-unsaturated/α-hetero) is 1. The Morgan fingerprint density at radius 2 is 1.76 bits per heavy atom.